The van der Waals surface area contributed by atoms with Gasteiger partial charge in [-0.05, 0) is 80.7 Å². The number of carboxylic acids is 2. The van der Waals surface area contributed by atoms with Crippen LogP contribution in [-0.4, -0.2) is 73.2 Å². The number of likely N-dealkylation sites (tertiary alicyclic amines) is 1. The number of hydrogen-bond acceptors (Lipinski definition) is 6. The van der Waals surface area contributed by atoms with Crippen LogP contribution in [0.25, 0.3) is 0 Å². The van der Waals surface area contributed by atoms with E-state index in [1.165, 1.54) is 24.3 Å². The average molecular weight is 500 g/mol. The van der Waals surface area contributed by atoms with Crippen LogP contribution in [-0.2, 0) is 19.6 Å². The van der Waals surface area contributed by atoms with E-state index in [9.17, 15) is 28.2 Å². The SMILES string of the molecule is O=C(O)C1CC2CC(CN3CC(NS(=O)(=O)c4ccc(Cl)cc4)CC3C(=O)O)CCC2CN1. The van der Waals surface area contributed by atoms with Gasteiger partial charge in [-0.2, -0.15) is 0 Å². The number of halogens is 1. The summed E-state index contributed by atoms with van der Waals surface area (Å²) in [5.74, 6) is -0.727. The molecule has 182 valence electrons. The van der Waals surface area contributed by atoms with Crippen LogP contribution in [0.4, 0.5) is 0 Å². The number of nitrogens with one attached hydrogen (secondary N) is 2. The van der Waals surface area contributed by atoms with Crippen LogP contribution in [0.1, 0.15) is 32.1 Å². The third-order valence-corrected chi connectivity index (χ3v) is 9.13. The molecule has 3 fully saturated rings. The normalized spacial score (nSPS) is 32.9. The Hall–Kier alpha value is -1.72. The minimum atomic E-state index is -3.79. The molecule has 0 amide bonds. The second-order valence-electron chi connectivity index (χ2n) is 9.55. The van der Waals surface area contributed by atoms with E-state index in [2.05, 4.69) is 10.0 Å². The Bertz CT molecular complexity index is 988. The molecule has 4 N–H and O–H groups in total. The maximum atomic E-state index is 12.7. The fourth-order valence-electron chi connectivity index (χ4n) is 5.70. The highest BCUT2D eigenvalue weighted by Gasteiger charge is 2.42. The number of carbonyl (C=O) groups is 2. The summed E-state index contributed by atoms with van der Waals surface area (Å²) in [7, 11) is -3.79. The van der Waals surface area contributed by atoms with E-state index < -0.39 is 40.1 Å². The average Bonchev–Trinajstić information content (AvgIpc) is 3.15. The van der Waals surface area contributed by atoms with E-state index >= 15 is 0 Å². The van der Waals surface area contributed by atoms with Crippen molar-refractivity contribution >= 4 is 33.6 Å². The molecule has 4 rings (SSSR count). The highest BCUT2D eigenvalue weighted by molar-refractivity contribution is 7.89. The zero-order valence-corrected chi connectivity index (χ0v) is 19.8. The van der Waals surface area contributed by atoms with Gasteiger partial charge in [-0.25, -0.2) is 13.1 Å². The van der Waals surface area contributed by atoms with Crippen LogP contribution in [0.2, 0.25) is 5.02 Å². The van der Waals surface area contributed by atoms with Crippen molar-refractivity contribution in [2.24, 2.45) is 17.8 Å². The fourth-order valence-corrected chi connectivity index (χ4v) is 7.06. The molecule has 2 heterocycles. The quantitative estimate of drug-likeness (QED) is 0.444. The molecule has 9 nitrogen and oxygen atoms in total. The Morgan fingerprint density at radius 3 is 2.45 bits per heavy atom. The van der Waals surface area contributed by atoms with Gasteiger partial charge in [-0.3, -0.25) is 14.5 Å². The molecular weight excluding hydrogens is 470 g/mol. The zero-order valence-electron chi connectivity index (χ0n) is 18.2. The highest BCUT2D eigenvalue weighted by Crippen LogP contribution is 2.39. The number of sulfonamides is 1. The molecule has 1 saturated carbocycles. The van der Waals surface area contributed by atoms with E-state index in [4.69, 9.17) is 11.6 Å². The second-order valence-corrected chi connectivity index (χ2v) is 11.7. The molecular formula is C22H30ClN3O6S. The minimum Gasteiger partial charge on any atom is -0.480 e. The lowest BCUT2D eigenvalue weighted by atomic mass is 9.69. The van der Waals surface area contributed by atoms with Crippen molar-refractivity contribution in [3.05, 3.63) is 29.3 Å². The lowest BCUT2D eigenvalue weighted by Gasteiger charge is -2.42. The molecule has 11 heteroatoms. The van der Waals surface area contributed by atoms with Crippen LogP contribution in [0.5, 0.6) is 0 Å². The van der Waals surface area contributed by atoms with E-state index in [1.807, 2.05) is 4.90 Å². The summed E-state index contributed by atoms with van der Waals surface area (Å²) in [6, 6.07) is 4.09. The van der Waals surface area contributed by atoms with Crippen LogP contribution in [0.3, 0.4) is 0 Å². The molecule has 2 aliphatic heterocycles. The Morgan fingerprint density at radius 2 is 1.79 bits per heavy atom. The summed E-state index contributed by atoms with van der Waals surface area (Å²) in [6.45, 7) is 1.61. The van der Waals surface area contributed by atoms with Gasteiger partial charge in [0.25, 0.3) is 0 Å². The fraction of sp³-hybridized carbons (Fsp3) is 0.636. The highest BCUT2D eigenvalue weighted by atomic mass is 35.5. The summed E-state index contributed by atoms with van der Waals surface area (Å²) < 4.78 is 28.1. The molecule has 0 bridgehead atoms. The Balaban J connectivity index is 1.39. The number of hydrogen-bond donors (Lipinski definition) is 4. The van der Waals surface area contributed by atoms with Gasteiger partial charge in [0, 0.05) is 24.2 Å². The summed E-state index contributed by atoms with van der Waals surface area (Å²) in [6.07, 6.45) is 3.63. The number of aliphatic carboxylic acids is 2. The van der Waals surface area contributed by atoms with Crippen molar-refractivity contribution < 1.29 is 28.2 Å². The van der Waals surface area contributed by atoms with Gasteiger partial charge in [-0.15, -0.1) is 0 Å². The van der Waals surface area contributed by atoms with Gasteiger partial charge in [0.15, 0.2) is 0 Å². The maximum absolute atomic E-state index is 12.7. The van der Waals surface area contributed by atoms with Crippen LogP contribution in [0.15, 0.2) is 29.2 Å². The molecule has 1 aromatic carbocycles. The molecule has 2 saturated heterocycles. The number of rotatable bonds is 7. The van der Waals surface area contributed by atoms with Gasteiger partial charge in [-0.1, -0.05) is 11.6 Å². The third kappa shape index (κ3) is 5.68. The van der Waals surface area contributed by atoms with Crippen molar-refractivity contribution in [1.29, 1.82) is 0 Å². The minimum absolute atomic E-state index is 0.0921. The molecule has 6 atom stereocenters. The van der Waals surface area contributed by atoms with E-state index in [0.717, 1.165) is 19.3 Å². The monoisotopic (exact) mass is 499 g/mol. The Labute approximate surface area is 198 Å². The third-order valence-electron chi connectivity index (χ3n) is 7.34. The van der Waals surface area contributed by atoms with Gasteiger partial charge >= 0.3 is 11.9 Å². The van der Waals surface area contributed by atoms with Gasteiger partial charge in [0.1, 0.15) is 12.1 Å². The van der Waals surface area contributed by atoms with Crippen molar-refractivity contribution in [1.82, 2.24) is 14.9 Å². The van der Waals surface area contributed by atoms with Crippen molar-refractivity contribution in [3.63, 3.8) is 0 Å². The summed E-state index contributed by atoms with van der Waals surface area (Å²) in [5, 5.41) is 22.6. The van der Waals surface area contributed by atoms with Gasteiger partial charge < -0.3 is 15.5 Å². The second kappa shape index (κ2) is 9.87. The van der Waals surface area contributed by atoms with Gasteiger partial charge in [0.2, 0.25) is 10.0 Å². The standard InChI is InChI=1S/C22H30ClN3O6S/c23-16-3-5-18(6-4-16)33(31,32)25-17-9-20(22(29)30)26(12-17)11-13-1-2-14-10-24-19(21(27)28)8-15(14)7-13/h3-6,13-15,17,19-20,24-25H,1-2,7-12H2,(H,27,28)(H,29,30). The first kappa shape index (κ1) is 24.4. The first-order valence-electron chi connectivity index (χ1n) is 11.3. The molecule has 3 aliphatic rings. The lowest BCUT2D eigenvalue weighted by molar-refractivity contribution is -0.143. The van der Waals surface area contributed by atoms with Crippen LogP contribution < -0.4 is 10.0 Å². The number of benzene rings is 1. The molecule has 0 radical (unpaired) electrons. The van der Waals surface area contributed by atoms with E-state index in [-0.39, 0.29) is 17.2 Å². The number of carboxylic acid groups (broad SMARTS) is 2. The largest absolute Gasteiger partial charge is 0.480 e. The molecule has 1 aliphatic carbocycles. The topological polar surface area (TPSA) is 136 Å². The van der Waals surface area contributed by atoms with Gasteiger partial charge in [0.05, 0.1) is 4.90 Å². The Morgan fingerprint density at radius 1 is 1.06 bits per heavy atom. The van der Waals surface area contributed by atoms with Crippen molar-refractivity contribution in [2.75, 3.05) is 19.6 Å². The number of piperidine rings is 1. The maximum Gasteiger partial charge on any atom is 0.320 e. The summed E-state index contributed by atoms with van der Waals surface area (Å²) >= 11 is 5.84. The molecule has 1 aromatic rings. The first-order chi connectivity index (χ1) is 15.6. The molecule has 6 unspecified atom stereocenters. The van der Waals surface area contributed by atoms with E-state index in [1.54, 1.807) is 0 Å². The zero-order chi connectivity index (χ0) is 23.8. The Kier molecular flexibility index (Phi) is 7.30. The van der Waals surface area contributed by atoms with Crippen LogP contribution in [0, 0.1) is 17.8 Å². The van der Waals surface area contributed by atoms with Crippen molar-refractivity contribution in [2.45, 2.75) is 55.1 Å². The molecule has 33 heavy (non-hydrogen) atoms. The number of fused-ring (bicyclic) bond motifs is 1. The number of nitrogens with zero attached hydrogens (tertiary/aromatic N) is 1. The predicted molar refractivity (Wildman–Crippen MR) is 122 cm³/mol. The predicted octanol–water partition coefficient (Wildman–Crippen LogP) is 1.62. The van der Waals surface area contributed by atoms with Crippen molar-refractivity contribution in [3.8, 4) is 0 Å². The van der Waals surface area contributed by atoms with E-state index in [0.29, 0.717) is 42.9 Å². The first-order valence-corrected chi connectivity index (χ1v) is 13.2. The summed E-state index contributed by atoms with van der Waals surface area (Å²) in [5.41, 5.74) is 0. The molecule has 0 spiro atoms. The summed E-state index contributed by atoms with van der Waals surface area (Å²) in [4.78, 5) is 25.3. The molecule has 0 aromatic heterocycles. The lowest BCUT2D eigenvalue weighted by Crippen LogP contribution is -2.50. The van der Waals surface area contributed by atoms with Crippen LogP contribution >= 0.6 is 11.6 Å². The smallest absolute Gasteiger partial charge is 0.320 e.